The van der Waals surface area contributed by atoms with Gasteiger partial charge in [0, 0.05) is 6.42 Å². The van der Waals surface area contributed by atoms with Crippen molar-refractivity contribution in [1.29, 1.82) is 0 Å². The van der Waals surface area contributed by atoms with E-state index in [0.717, 1.165) is 0 Å². The van der Waals surface area contributed by atoms with Crippen LogP contribution in [0.2, 0.25) is 0 Å². The summed E-state index contributed by atoms with van der Waals surface area (Å²) in [6, 6.07) is 6.37. The highest BCUT2D eigenvalue weighted by Gasteiger charge is 2.58. The molecular weight excluding hydrogens is 283 g/mol. The van der Waals surface area contributed by atoms with Crippen molar-refractivity contribution < 1.29 is 9.50 Å². The smallest absolute Gasteiger partial charge is 0.162 e. The van der Waals surface area contributed by atoms with Gasteiger partial charge in [-0.15, -0.1) is 21.8 Å². The summed E-state index contributed by atoms with van der Waals surface area (Å²) in [5, 5.41) is 22.2. The summed E-state index contributed by atoms with van der Waals surface area (Å²) in [4.78, 5) is 0.534. The van der Waals surface area contributed by atoms with Gasteiger partial charge in [-0.1, -0.05) is 18.2 Å². The van der Waals surface area contributed by atoms with Crippen LogP contribution in [0.25, 0.3) is 0 Å². The van der Waals surface area contributed by atoms with Gasteiger partial charge in [0.05, 0.1) is 11.4 Å². The first-order valence-electron chi connectivity index (χ1n) is 6.38. The quantitative estimate of drug-likeness (QED) is 0.851. The molecule has 0 aliphatic heterocycles. The molecule has 5 nitrogen and oxygen atoms in total. The van der Waals surface area contributed by atoms with Crippen molar-refractivity contribution in [3.05, 3.63) is 42.0 Å². The lowest BCUT2D eigenvalue weighted by molar-refractivity contribution is 0.00284. The van der Waals surface area contributed by atoms with Crippen LogP contribution in [0.15, 0.2) is 30.6 Å². The second-order valence-corrected chi connectivity index (χ2v) is 5.95. The molecule has 2 aromatic rings. The normalized spacial score (nSPS) is 19.6. The fourth-order valence-corrected chi connectivity index (χ4v) is 2.60. The predicted molar refractivity (Wildman–Crippen MR) is 70.7 cm³/mol. The Balaban J connectivity index is 1.89. The molecule has 0 saturated heterocycles. The van der Waals surface area contributed by atoms with E-state index in [1.165, 1.54) is 17.2 Å². The third kappa shape index (κ3) is 2.41. The maximum Gasteiger partial charge on any atom is 0.162 e. The van der Waals surface area contributed by atoms with Gasteiger partial charge in [0.15, 0.2) is 6.33 Å². The molecule has 106 valence electrons. The van der Waals surface area contributed by atoms with E-state index in [4.69, 9.17) is 11.6 Å². The summed E-state index contributed by atoms with van der Waals surface area (Å²) in [6.07, 6.45) is 2.78. The molecular formula is C13H14ClFN4O. The van der Waals surface area contributed by atoms with Gasteiger partial charge in [-0.2, -0.15) is 4.80 Å². The average molecular weight is 297 g/mol. The fourth-order valence-electron chi connectivity index (χ4n) is 2.38. The molecule has 0 radical (unpaired) electrons. The van der Waals surface area contributed by atoms with Crippen LogP contribution in [0.3, 0.4) is 0 Å². The van der Waals surface area contributed by atoms with Gasteiger partial charge >= 0.3 is 0 Å². The Bertz CT molecular complexity index is 602. The van der Waals surface area contributed by atoms with Crippen LogP contribution in [0, 0.1) is 5.82 Å². The molecule has 7 heteroatoms. The minimum absolute atomic E-state index is 0.0881. The SMILES string of the molecule is OC(Cc1ccccc1F)(Cn1ncnn1)C1(Cl)CC1. The Morgan fingerprint density at radius 3 is 2.75 bits per heavy atom. The zero-order valence-electron chi connectivity index (χ0n) is 10.7. The Morgan fingerprint density at radius 1 is 1.40 bits per heavy atom. The van der Waals surface area contributed by atoms with E-state index in [1.54, 1.807) is 18.2 Å². The Kier molecular flexibility index (Phi) is 3.22. The fraction of sp³-hybridized carbons (Fsp3) is 0.462. The highest BCUT2D eigenvalue weighted by atomic mass is 35.5. The van der Waals surface area contributed by atoms with Gasteiger partial charge in [-0.05, 0) is 29.7 Å². The first kappa shape index (κ1) is 13.5. The summed E-state index contributed by atoms with van der Waals surface area (Å²) >= 11 is 6.41. The lowest BCUT2D eigenvalue weighted by Gasteiger charge is -2.32. The van der Waals surface area contributed by atoms with E-state index in [-0.39, 0.29) is 18.8 Å². The van der Waals surface area contributed by atoms with Crippen molar-refractivity contribution >= 4 is 11.6 Å². The number of aromatic nitrogens is 4. The number of rotatable bonds is 5. The Hall–Kier alpha value is -1.53. The Morgan fingerprint density at radius 2 is 2.15 bits per heavy atom. The van der Waals surface area contributed by atoms with E-state index in [2.05, 4.69) is 15.4 Å². The van der Waals surface area contributed by atoms with Crippen LogP contribution < -0.4 is 0 Å². The molecule has 20 heavy (non-hydrogen) atoms. The number of benzene rings is 1. The molecule has 1 N–H and O–H groups in total. The second-order valence-electron chi connectivity index (χ2n) is 5.23. The van der Waals surface area contributed by atoms with Crippen LogP contribution in [-0.2, 0) is 13.0 Å². The summed E-state index contributed by atoms with van der Waals surface area (Å²) in [5.74, 6) is -0.349. The zero-order valence-corrected chi connectivity index (χ0v) is 11.5. The molecule has 1 heterocycles. The summed E-state index contributed by atoms with van der Waals surface area (Å²) < 4.78 is 13.8. The van der Waals surface area contributed by atoms with Crippen LogP contribution >= 0.6 is 11.6 Å². The van der Waals surface area contributed by atoms with Crippen LogP contribution in [0.1, 0.15) is 18.4 Å². The van der Waals surface area contributed by atoms with Crippen LogP contribution in [-0.4, -0.2) is 35.8 Å². The monoisotopic (exact) mass is 296 g/mol. The van der Waals surface area contributed by atoms with Gasteiger partial charge < -0.3 is 5.11 Å². The third-order valence-corrected chi connectivity index (χ3v) is 4.49. The second kappa shape index (κ2) is 4.79. The van der Waals surface area contributed by atoms with Crippen LogP contribution in [0.4, 0.5) is 4.39 Å². The highest BCUT2D eigenvalue weighted by Crippen LogP contribution is 2.52. The number of alkyl halides is 1. The summed E-state index contributed by atoms with van der Waals surface area (Å²) in [6.45, 7) is 0.0881. The Labute approximate surface area is 120 Å². The molecule has 3 rings (SSSR count). The molecule has 1 saturated carbocycles. The van der Waals surface area contributed by atoms with E-state index < -0.39 is 10.5 Å². The maximum atomic E-state index is 13.8. The third-order valence-electron chi connectivity index (χ3n) is 3.76. The summed E-state index contributed by atoms with van der Waals surface area (Å²) in [7, 11) is 0. The molecule has 1 aromatic heterocycles. The minimum Gasteiger partial charge on any atom is -0.386 e. The molecule has 0 bridgehead atoms. The number of tetrazole rings is 1. The topological polar surface area (TPSA) is 63.8 Å². The molecule has 1 aliphatic rings. The first-order chi connectivity index (χ1) is 9.52. The number of halogens is 2. The van der Waals surface area contributed by atoms with E-state index in [1.807, 2.05) is 0 Å². The number of nitrogens with zero attached hydrogens (tertiary/aromatic N) is 4. The van der Waals surface area contributed by atoms with Gasteiger partial charge in [0.1, 0.15) is 11.4 Å². The van der Waals surface area contributed by atoms with Gasteiger partial charge in [0.25, 0.3) is 0 Å². The summed E-state index contributed by atoms with van der Waals surface area (Å²) in [5.41, 5.74) is -0.876. The van der Waals surface area contributed by atoms with E-state index in [9.17, 15) is 9.50 Å². The van der Waals surface area contributed by atoms with Gasteiger partial charge in [-0.3, -0.25) is 0 Å². The van der Waals surface area contributed by atoms with Crippen molar-refractivity contribution in [3.8, 4) is 0 Å². The lowest BCUT2D eigenvalue weighted by atomic mass is 9.89. The number of hydrogen-bond donors (Lipinski definition) is 1. The van der Waals surface area contributed by atoms with Crippen molar-refractivity contribution in [3.63, 3.8) is 0 Å². The zero-order chi connectivity index (χ0) is 14.2. The van der Waals surface area contributed by atoms with Crippen molar-refractivity contribution in [1.82, 2.24) is 20.2 Å². The van der Waals surface area contributed by atoms with Crippen LogP contribution in [0.5, 0.6) is 0 Å². The number of hydrogen-bond acceptors (Lipinski definition) is 4. The molecule has 1 atom stereocenters. The first-order valence-corrected chi connectivity index (χ1v) is 6.76. The minimum atomic E-state index is -1.31. The molecule has 0 amide bonds. The molecule has 0 spiro atoms. The largest absolute Gasteiger partial charge is 0.386 e. The average Bonchev–Trinajstić information content (AvgIpc) is 2.98. The van der Waals surface area contributed by atoms with E-state index in [0.29, 0.717) is 18.4 Å². The molecule has 1 fully saturated rings. The van der Waals surface area contributed by atoms with Gasteiger partial charge in [-0.25, -0.2) is 4.39 Å². The van der Waals surface area contributed by atoms with Gasteiger partial charge in [0.2, 0.25) is 0 Å². The van der Waals surface area contributed by atoms with E-state index >= 15 is 0 Å². The van der Waals surface area contributed by atoms with Crippen molar-refractivity contribution in [2.45, 2.75) is 36.3 Å². The molecule has 1 aliphatic carbocycles. The molecule has 1 unspecified atom stereocenters. The lowest BCUT2D eigenvalue weighted by Crippen LogP contribution is -2.47. The standard InChI is InChI=1S/C13H14ClFN4O/c14-12(5-6-12)13(20,8-19-17-9-16-18-19)7-10-3-1-2-4-11(10)15/h1-4,9,20H,5-8H2. The predicted octanol–water partition coefficient (Wildman–Crippen LogP) is 1.56. The van der Waals surface area contributed by atoms with Crippen molar-refractivity contribution in [2.24, 2.45) is 0 Å². The van der Waals surface area contributed by atoms with Crippen molar-refractivity contribution in [2.75, 3.05) is 0 Å². The number of aliphatic hydroxyl groups is 1. The maximum absolute atomic E-state index is 13.8. The highest BCUT2D eigenvalue weighted by molar-refractivity contribution is 6.26. The molecule has 1 aromatic carbocycles.